The van der Waals surface area contributed by atoms with Crippen molar-refractivity contribution in [1.29, 1.82) is 0 Å². The molecule has 2 aromatic rings. The number of carbonyl (C=O) groups excluding carboxylic acids is 1. The van der Waals surface area contributed by atoms with Crippen LogP contribution in [0.15, 0.2) is 54.1 Å². The summed E-state index contributed by atoms with van der Waals surface area (Å²) in [5.41, 5.74) is 5.60. The molecule has 2 fully saturated rings. The molecule has 0 aromatic heterocycles. The molecule has 1 aliphatic heterocycles. The fourth-order valence-electron chi connectivity index (χ4n) is 6.13. The van der Waals surface area contributed by atoms with Crippen LogP contribution in [-0.2, 0) is 6.42 Å². The molecule has 6 rings (SSSR count). The SMILES string of the molecule is O=C1Cc2ccc(N3CCCN(CC4=CC=CCC45CCC5)CC3)c3cccc1c23. The molecule has 3 nitrogen and oxygen atoms in total. The number of Topliss-reactive ketones (excluding diaryl/α,β-unsaturated/α-hetero) is 1. The molecule has 1 saturated carbocycles. The fraction of sp³-hybridized carbons (Fsp3) is 0.444. The zero-order chi connectivity index (χ0) is 20.1. The molecular formula is C27H30N2O. The summed E-state index contributed by atoms with van der Waals surface area (Å²) >= 11 is 0. The Labute approximate surface area is 179 Å². The zero-order valence-corrected chi connectivity index (χ0v) is 17.7. The number of hydrogen-bond acceptors (Lipinski definition) is 3. The lowest BCUT2D eigenvalue weighted by atomic mass is 9.60. The summed E-state index contributed by atoms with van der Waals surface area (Å²) in [5, 5.41) is 2.46. The van der Waals surface area contributed by atoms with Gasteiger partial charge in [0.1, 0.15) is 0 Å². The molecule has 3 heteroatoms. The average molecular weight is 399 g/mol. The highest BCUT2D eigenvalue weighted by atomic mass is 16.1. The molecule has 0 N–H and O–H groups in total. The summed E-state index contributed by atoms with van der Waals surface area (Å²) in [7, 11) is 0. The van der Waals surface area contributed by atoms with E-state index in [9.17, 15) is 4.79 Å². The number of ketones is 1. The molecule has 0 radical (unpaired) electrons. The lowest BCUT2D eigenvalue weighted by Gasteiger charge is -2.46. The summed E-state index contributed by atoms with van der Waals surface area (Å²) in [6.45, 7) is 5.57. The second-order valence-electron chi connectivity index (χ2n) is 9.65. The minimum atomic E-state index is 0.273. The highest BCUT2D eigenvalue weighted by molar-refractivity contribution is 6.17. The standard InChI is InChI=1S/C27H30N2O/c30-25-18-20-9-10-24(22-7-3-8-23(25)26(20)22)29-15-5-14-28(16-17-29)19-21-6-1-2-11-27(21)12-4-13-27/h1-3,6-10H,4-5,11-19H2. The van der Waals surface area contributed by atoms with E-state index in [-0.39, 0.29) is 5.78 Å². The van der Waals surface area contributed by atoms with Gasteiger partial charge in [0.05, 0.1) is 0 Å². The summed E-state index contributed by atoms with van der Waals surface area (Å²) < 4.78 is 0. The third-order valence-electron chi connectivity index (χ3n) is 8.01. The topological polar surface area (TPSA) is 23.6 Å². The Morgan fingerprint density at radius 1 is 0.967 bits per heavy atom. The van der Waals surface area contributed by atoms with Gasteiger partial charge in [0, 0.05) is 55.8 Å². The van der Waals surface area contributed by atoms with Gasteiger partial charge >= 0.3 is 0 Å². The van der Waals surface area contributed by atoms with Crippen LogP contribution < -0.4 is 4.90 Å². The van der Waals surface area contributed by atoms with Gasteiger partial charge in [0.15, 0.2) is 5.78 Å². The Morgan fingerprint density at radius 3 is 2.77 bits per heavy atom. The number of allylic oxidation sites excluding steroid dienone is 3. The van der Waals surface area contributed by atoms with Crippen LogP contribution in [0.2, 0.25) is 0 Å². The quantitative estimate of drug-likeness (QED) is 0.715. The molecule has 0 unspecified atom stereocenters. The van der Waals surface area contributed by atoms with Crippen molar-refractivity contribution in [2.45, 2.75) is 38.5 Å². The highest BCUT2D eigenvalue weighted by Gasteiger charge is 2.40. The van der Waals surface area contributed by atoms with Crippen molar-refractivity contribution in [1.82, 2.24) is 4.90 Å². The summed E-state index contributed by atoms with van der Waals surface area (Å²) in [6.07, 6.45) is 14.2. The maximum Gasteiger partial charge on any atom is 0.167 e. The van der Waals surface area contributed by atoms with E-state index in [0.717, 1.165) is 31.7 Å². The second-order valence-corrected chi connectivity index (χ2v) is 9.65. The van der Waals surface area contributed by atoms with Crippen molar-refractivity contribution < 1.29 is 4.79 Å². The van der Waals surface area contributed by atoms with E-state index in [1.54, 1.807) is 5.57 Å². The van der Waals surface area contributed by atoms with E-state index in [1.807, 2.05) is 6.07 Å². The molecule has 0 amide bonds. The number of carbonyl (C=O) groups is 1. The normalized spacial score (nSPS) is 23.0. The minimum Gasteiger partial charge on any atom is -0.370 e. The summed E-state index contributed by atoms with van der Waals surface area (Å²) in [6, 6.07) is 10.7. The molecule has 0 atom stereocenters. The number of anilines is 1. The lowest BCUT2D eigenvalue weighted by molar-refractivity contribution is 0.1000. The van der Waals surface area contributed by atoms with E-state index in [0.29, 0.717) is 11.8 Å². The maximum absolute atomic E-state index is 12.4. The second kappa shape index (κ2) is 7.09. The lowest BCUT2D eigenvalue weighted by Crippen LogP contribution is -2.39. The predicted molar refractivity (Wildman–Crippen MR) is 123 cm³/mol. The summed E-state index contributed by atoms with van der Waals surface area (Å²) in [5.74, 6) is 0.273. The molecule has 30 heavy (non-hydrogen) atoms. The first-order valence-electron chi connectivity index (χ1n) is 11.6. The van der Waals surface area contributed by atoms with E-state index in [4.69, 9.17) is 0 Å². The van der Waals surface area contributed by atoms with Crippen LogP contribution in [0, 0.1) is 5.41 Å². The van der Waals surface area contributed by atoms with E-state index in [2.05, 4.69) is 52.3 Å². The van der Waals surface area contributed by atoms with Crippen LogP contribution in [0.25, 0.3) is 10.8 Å². The van der Waals surface area contributed by atoms with Crippen molar-refractivity contribution >= 4 is 22.2 Å². The van der Waals surface area contributed by atoms with Crippen molar-refractivity contribution in [3.8, 4) is 0 Å². The first kappa shape index (κ1) is 18.4. The van der Waals surface area contributed by atoms with E-state index < -0.39 is 0 Å². The molecule has 154 valence electrons. The third-order valence-corrected chi connectivity index (χ3v) is 8.01. The largest absolute Gasteiger partial charge is 0.370 e. The van der Waals surface area contributed by atoms with Gasteiger partial charge in [-0.1, -0.05) is 48.9 Å². The van der Waals surface area contributed by atoms with Crippen molar-refractivity contribution in [3.63, 3.8) is 0 Å². The van der Waals surface area contributed by atoms with Crippen molar-refractivity contribution in [2.24, 2.45) is 5.41 Å². The average Bonchev–Trinajstić information content (AvgIpc) is 2.92. The molecule has 2 aromatic carbocycles. The molecule has 3 aliphatic carbocycles. The van der Waals surface area contributed by atoms with Crippen LogP contribution >= 0.6 is 0 Å². The predicted octanol–water partition coefficient (Wildman–Crippen LogP) is 5.15. The number of benzene rings is 2. The van der Waals surface area contributed by atoms with Gasteiger partial charge in [-0.15, -0.1) is 0 Å². The number of rotatable bonds is 3. The van der Waals surface area contributed by atoms with Crippen LogP contribution in [-0.4, -0.2) is 43.4 Å². The first-order chi connectivity index (χ1) is 14.7. The Balaban J connectivity index is 1.23. The van der Waals surface area contributed by atoms with Crippen LogP contribution in [0.4, 0.5) is 5.69 Å². The fourth-order valence-corrected chi connectivity index (χ4v) is 6.13. The van der Waals surface area contributed by atoms with Gasteiger partial charge in [-0.3, -0.25) is 9.69 Å². The molecule has 1 saturated heterocycles. The zero-order valence-electron chi connectivity index (χ0n) is 17.7. The van der Waals surface area contributed by atoms with Crippen molar-refractivity contribution in [3.05, 3.63) is 65.3 Å². The van der Waals surface area contributed by atoms with Crippen LogP contribution in [0.1, 0.15) is 48.0 Å². The third kappa shape index (κ3) is 2.86. The van der Waals surface area contributed by atoms with Crippen LogP contribution in [0.3, 0.4) is 0 Å². The smallest absolute Gasteiger partial charge is 0.167 e. The maximum atomic E-state index is 12.4. The van der Waals surface area contributed by atoms with Gasteiger partial charge in [0.2, 0.25) is 0 Å². The van der Waals surface area contributed by atoms with E-state index >= 15 is 0 Å². The highest BCUT2D eigenvalue weighted by Crippen LogP contribution is 2.51. The number of hydrogen-bond donors (Lipinski definition) is 0. The van der Waals surface area contributed by atoms with Gasteiger partial charge < -0.3 is 4.90 Å². The Morgan fingerprint density at radius 2 is 1.90 bits per heavy atom. The Kier molecular flexibility index (Phi) is 4.35. The van der Waals surface area contributed by atoms with Crippen LogP contribution in [0.5, 0.6) is 0 Å². The minimum absolute atomic E-state index is 0.273. The van der Waals surface area contributed by atoms with Crippen molar-refractivity contribution in [2.75, 3.05) is 37.6 Å². The Hall–Kier alpha value is -2.39. The number of nitrogens with zero attached hydrogens (tertiary/aromatic N) is 2. The van der Waals surface area contributed by atoms with Gasteiger partial charge in [-0.2, -0.15) is 0 Å². The van der Waals surface area contributed by atoms with Gasteiger partial charge in [-0.25, -0.2) is 0 Å². The van der Waals surface area contributed by atoms with Gasteiger partial charge in [-0.05, 0) is 53.7 Å². The summed E-state index contributed by atoms with van der Waals surface area (Å²) in [4.78, 5) is 17.6. The molecular weight excluding hydrogens is 368 g/mol. The Bertz CT molecular complexity index is 1080. The monoisotopic (exact) mass is 398 g/mol. The molecule has 1 heterocycles. The van der Waals surface area contributed by atoms with Gasteiger partial charge in [0.25, 0.3) is 0 Å². The molecule has 0 bridgehead atoms. The first-order valence-corrected chi connectivity index (χ1v) is 11.6. The van der Waals surface area contributed by atoms with E-state index in [1.165, 1.54) is 60.7 Å². The molecule has 4 aliphatic rings. The molecule has 1 spiro atoms.